The molecule has 2 unspecified atom stereocenters. The van der Waals surface area contributed by atoms with E-state index in [2.05, 4.69) is 16.0 Å². The van der Waals surface area contributed by atoms with E-state index in [9.17, 15) is 23.1 Å². The zero-order valence-corrected chi connectivity index (χ0v) is 15.3. The van der Waals surface area contributed by atoms with Crippen LogP contribution in [0.25, 0.3) is 0 Å². The van der Waals surface area contributed by atoms with Crippen LogP contribution in [0.2, 0.25) is 0 Å². The molecular formula is C18H22N2O5S. The zero-order valence-electron chi connectivity index (χ0n) is 14.5. The summed E-state index contributed by atoms with van der Waals surface area (Å²) in [5.41, 5.74) is -0.572. The van der Waals surface area contributed by atoms with E-state index < -0.39 is 33.4 Å². The minimum absolute atomic E-state index is 0.00316. The molecule has 3 N–H and O–H groups in total. The summed E-state index contributed by atoms with van der Waals surface area (Å²) in [4.78, 5) is 24.0. The zero-order chi connectivity index (χ0) is 19.4. The number of hydrogen-bond acceptors (Lipinski definition) is 4. The van der Waals surface area contributed by atoms with Crippen molar-refractivity contribution in [2.24, 2.45) is 5.92 Å². The van der Waals surface area contributed by atoms with Gasteiger partial charge >= 0.3 is 5.97 Å². The molecule has 0 spiro atoms. The molecule has 1 aromatic carbocycles. The van der Waals surface area contributed by atoms with Gasteiger partial charge in [-0.2, -0.15) is 4.72 Å². The van der Waals surface area contributed by atoms with Gasteiger partial charge in [-0.1, -0.05) is 18.8 Å². The molecule has 0 saturated heterocycles. The van der Waals surface area contributed by atoms with E-state index in [1.54, 1.807) is 6.92 Å². The third-order valence-electron chi connectivity index (χ3n) is 4.70. The molecule has 26 heavy (non-hydrogen) atoms. The maximum absolute atomic E-state index is 12.5. The molecule has 8 heteroatoms. The Labute approximate surface area is 153 Å². The van der Waals surface area contributed by atoms with Crippen molar-refractivity contribution in [1.82, 2.24) is 10.0 Å². The average Bonchev–Trinajstić information content (AvgIpc) is 2.60. The van der Waals surface area contributed by atoms with Gasteiger partial charge in [0.25, 0.3) is 5.91 Å². The number of rotatable bonds is 6. The van der Waals surface area contributed by atoms with Gasteiger partial charge in [0.1, 0.15) is 0 Å². The minimum Gasteiger partial charge on any atom is -0.481 e. The van der Waals surface area contributed by atoms with Gasteiger partial charge in [-0.15, -0.1) is 6.42 Å². The lowest BCUT2D eigenvalue weighted by molar-refractivity contribution is -0.145. The van der Waals surface area contributed by atoms with E-state index in [4.69, 9.17) is 6.42 Å². The van der Waals surface area contributed by atoms with Crippen LogP contribution >= 0.6 is 0 Å². The van der Waals surface area contributed by atoms with E-state index in [-0.39, 0.29) is 17.0 Å². The maximum atomic E-state index is 12.5. The van der Waals surface area contributed by atoms with Gasteiger partial charge in [-0.05, 0) is 44.0 Å². The van der Waals surface area contributed by atoms with Gasteiger partial charge in [0.15, 0.2) is 0 Å². The first-order chi connectivity index (χ1) is 12.2. The summed E-state index contributed by atoms with van der Waals surface area (Å²) in [7, 11) is -3.73. The summed E-state index contributed by atoms with van der Waals surface area (Å²) in [6.45, 7) is 1.62. The Hall–Kier alpha value is -2.37. The number of carboxylic acid groups (broad SMARTS) is 1. The molecule has 1 amide bonds. The summed E-state index contributed by atoms with van der Waals surface area (Å²) in [6, 6.07) is 5.40. The second-order valence-corrected chi connectivity index (χ2v) is 8.33. The minimum atomic E-state index is -3.73. The SMILES string of the molecule is C#CCNS(=O)(=O)c1ccc(C(=O)NC2(C)CCCCC2C(=O)O)cc1. The van der Waals surface area contributed by atoms with Gasteiger partial charge in [0, 0.05) is 5.56 Å². The summed E-state index contributed by atoms with van der Waals surface area (Å²) in [5.74, 6) is 0.186. The molecule has 140 valence electrons. The molecule has 2 rings (SSSR count). The average molecular weight is 378 g/mol. The first-order valence-electron chi connectivity index (χ1n) is 8.28. The Morgan fingerprint density at radius 3 is 2.54 bits per heavy atom. The first kappa shape index (κ1) is 19.9. The summed E-state index contributed by atoms with van der Waals surface area (Å²) < 4.78 is 26.2. The molecular weight excluding hydrogens is 356 g/mol. The predicted molar refractivity (Wildman–Crippen MR) is 95.9 cm³/mol. The molecule has 0 radical (unpaired) electrons. The van der Waals surface area contributed by atoms with Crippen molar-refractivity contribution in [3.8, 4) is 12.3 Å². The number of sulfonamides is 1. The molecule has 1 aliphatic carbocycles. The van der Waals surface area contributed by atoms with Crippen molar-refractivity contribution < 1.29 is 23.1 Å². The molecule has 1 aromatic rings. The van der Waals surface area contributed by atoms with Crippen LogP contribution in [0.5, 0.6) is 0 Å². The number of benzene rings is 1. The van der Waals surface area contributed by atoms with E-state index in [0.29, 0.717) is 12.8 Å². The van der Waals surface area contributed by atoms with Crippen LogP contribution in [0.4, 0.5) is 0 Å². The number of carbonyl (C=O) groups excluding carboxylic acids is 1. The Morgan fingerprint density at radius 1 is 1.31 bits per heavy atom. The standard InChI is InChI=1S/C18H22N2O5S/c1-3-12-19-26(24,25)14-9-7-13(8-10-14)16(21)20-18(2)11-5-4-6-15(18)17(22)23/h1,7-10,15,19H,4-6,11-12H2,2H3,(H,20,21)(H,22,23). The van der Waals surface area contributed by atoms with Gasteiger partial charge in [-0.3, -0.25) is 9.59 Å². The number of carbonyl (C=O) groups is 2. The Kier molecular flexibility index (Phi) is 6.05. The van der Waals surface area contributed by atoms with Crippen molar-refractivity contribution in [2.45, 2.75) is 43.0 Å². The highest BCUT2D eigenvalue weighted by Crippen LogP contribution is 2.34. The molecule has 1 aliphatic rings. The lowest BCUT2D eigenvalue weighted by Crippen LogP contribution is -2.55. The molecule has 0 heterocycles. The maximum Gasteiger partial charge on any atom is 0.308 e. The fourth-order valence-electron chi connectivity index (χ4n) is 3.22. The van der Waals surface area contributed by atoms with E-state index in [1.807, 2.05) is 0 Å². The van der Waals surface area contributed by atoms with Crippen LogP contribution in [0, 0.1) is 18.3 Å². The lowest BCUT2D eigenvalue weighted by Gasteiger charge is -2.39. The Morgan fingerprint density at radius 2 is 1.96 bits per heavy atom. The largest absolute Gasteiger partial charge is 0.481 e. The van der Waals surface area contributed by atoms with Crippen LogP contribution in [0.15, 0.2) is 29.2 Å². The molecule has 0 aliphatic heterocycles. The topological polar surface area (TPSA) is 113 Å². The molecule has 0 bridgehead atoms. The van der Waals surface area contributed by atoms with Gasteiger partial charge < -0.3 is 10.4 Å². The number of carboxylic acids is 1. The molecule has 7 nitrogen and oxygen atoms in total. The number of terminal acetylenes is 1. The fraction of sp³-hybridized carbons (Fsp3) is 0.444. The van der Waals surface area contributed by atoms with E-state index in [1.165, 1.54) is 24.3 Å². The van der Waals surface area contributed by atoms with Crippen molar-refractivity contribution >= 4 is 21.9 Å². The fourth-order valence-corrected chi connectivity index (χ4v) is 4.15. The highest BCUT2D eigenvalue weighted by Gasteiger charge is 2.42. The number of hydrogen-bond donors (Lipinski definition) is 3. The second-order valence-electron chi connectivity index (χ2n) is 6.56. The number of amides is 1. The third-order valence-corrected chi connectivity index (χ3v) is 6.11. The number of aliphatic carboxylic acids is 1. The highest BCUT2D eigenvalue weighted by molar-refractivity contribution is 7.89. The lowest BCUT2D eigenvalue weighted by atomic mass is 9.73. The van der Waals surface area contributed by atoms with E-state index in [0.717, 1.165) is 12.8 Å². The predicted octanol–water partition coefficient (Wildman–Crippen LogP) is 1.36. The van der Waals surface area contributed by atoms with Gasteiger partial charge in [0.05, 0.1) is 22.9 Å². The molecule has 2 atom stereocenters. The smallest absolute Gasteiger partial charge is 0.308 e. The monoisotopic (exact) mass is 378 g/mol. The second kappa shape index (κ2) is 7.89. The Bertz CT molecular complexity index is 826. The van der Waals surface area contributed by atoms with Crippen LogP contribution < -0.4 is 10.0 Å². The van der Waals surface area contributed by atoms with E-state index >= 15 is 0 Å². The van der Waals surface area contributed by atoms with Crippen molar-refractivity contribution in [3.63, 3.8) is 0 Å². The molecule has 1 saturated carbocycles. The van der Waals surface area contributed by atoms with Crippen molar-refractivity contribution in [3.05, 3.63) is 29.8 Å². The van der Waals surface area contributed by atoms with Crippen molar-refractivity contribution in [2.75, 3.05) is 6.54 Å². The van der Waals surface area contributed by atoms with Gasteiger partial charge in [-0.25, -0.2) is 8.42 Å². The summed E-state index contributed by atoms with van der Waals surface area (Å²) in [5, 5.41) is 12.2. The molecule has 0 aromatic heterocycles. The molecule has 1 fully saturated rings. The quantitative estimate of drug-likeness (QED) is 0.647. The summed E-state index contributed by atoms with van der Waals surface area (Å²) in [6.07, 6.45) is 7.80. The summed E-state index contributed by atoms with van der Waals surface area (Å²) >= 11 is 0. The normalized spacial score (nSPS) is 23.0. The van der Waals surface area contributed by atoms with Crippen LogP contribution in [-0.4, -0.2) is 37.5 Å². The van der Waals surface area contributed by atoms with Crippen molar-refractivity contribution in [1.29, 1.82) is 0 Å². The van der Waals surface area contributed by atoms with Crippen LogP contribution in [-0.2, 0) is 14.8 Å². The van der Waals surface area contributed by atoms with Crippen LogP contribution in [0.1, 0.15) is 43.0 Å². The Balaban J connectivity index is 2.15. The van der Waals surface area contributed by atoms with Crippen LogP contribution in [0.3, 0.4) is 0 Å². The third kappa shape index (κ3) is 4.42. The number of nitrogens with one attached hydrogen (secondary N) is 2. The first-order valence-corrected chi connectivity index (χ1v) is 9.76. The van der Waals surface area contributed by atoms with Gasteiger partial charge in [0.2, 0.25) is 10.0 Å². The highest BCUT2D eigenvalue weighted by atomic mass is 32.2.